The molecule has 1 rings (SSSR count). The van der Waals surface area contributed by atoms with Crippen LogP contribution in [0.4, 0.5) is 0 Å². The zero-order valence-corrected chi connectivity index (χ0v) is 6.63. The Hall–Kier alpha value is -0.560. The summed E-state index contributed by atoms with van der Waals surface area (Å²) in [5, 5.41) is 12.3. The van der Waals surface area contributed by atoms with Gasteiger partial charge in [0.25, 0.3) is 0 Å². The lowest BCUT2D eigenvalue weighted by molar-refractivity contribution is 0.123. The van der Waals surface area contributed by atoms with Gasteiger partial charge in [-0.05, 0) is 6.92 Å². The third kappa shape index (κ3) is 2.51. The van der Waals surface area contributed by atoms with E-state index in [2.05, 4.69) is 17.2 Å². The van der Waals surface area contributed by atoms with Gasteiger partial charge in [0.2, 0.25) is 0 Å². The van der Waals surface area contributed by atoms with Crippen LogP contribution in [0.5, 0.6) is 0 Å². The van der Waals surface area contributed by atoms with Gasteiger partial charge in [-0.2, -0.15) is 0 Å². The molecule has 0 amide bonds. The van der Waals surface area contributed by atoms with Crippen LogP contribution in [0.25, 0.3) is 0 Å². The van der Waals surface area contributed by atoms with Gasteiger partial charge in [0.15, 0.2) is 0 Å². The second kappa shape index (κ2) is 4.35. The minimum atomic E-state index is -0.367. The summed E-state index contributed by atoms with van der Waals surface area (Å²) in [7, 11) is 0. The molecule has 0 spiro atoms. The maximum atomic E-state index is 9.25. The van der Waals surface area contributed by atoms with Gasteiger partial charge in [-0.25, -0.2) is 0 Å². The van der Waals surface area contributed by atoms with Crippen molar-refractivity contribution in [1.82, 2.24) is 5.32 Å². The maximum Gasteiger partial charge on any atom is 0.0948 e. The second-order valence-electron chi connectivity index (χ2n) is 2.52. The molecule has 2 atom stereocenters. The molecule has 0 aromatic heterocycles. The molecule has 0 aromatic carbocycles. The molecule has 1 saturated heterocycles. The third-order valence-electron chi connectivity index (χ3n) is 1.68. The molecule has 0 saturated carbocycles. The van der Waals surface area contributed by atoms with E-state index in [1.165, 1.54) is 0 Å². The van der Waals surface area contributed by atoms with Crippen molar-refractivity contribution >= 4 is 0 Å². The van der Waals surface area contributed by atoms with Crippen LogP contribution in [0.15, 0.2) is 0 Å². The molecule has 11 heavy (non-hydrogen) atoms. The van der Waals surface area contributed by atoms with E-state index < -0.39 is 0 Å². The van der Waals surface area contributed by atoms with Gasteiger partial charge in [-0.3, -0.25) is 5.32 Å². The highest BCUT2D eigenvalue weighted by Gasteiger charge is 2.24. The number of aliphatic hydroxyl groups excluding tert-OH is 1. The van der Waals surface area contributed by atoms with Crippen molar-refractivity contribution in [2.75, 3.05) is 19.8 Å². The van der Waals surface area contributed by atoms with Crippen molar-refractivity contribution in [2.24, 2.45) is 0 Å². The topological polar surface area (TPSA) is 41.5 Å². The number of rotatable bonds is 2. The molecule has 3 nitrogen and oxygen atoms in total. The van der Waals surface area contributed by atoms with E-state index in [1.54, 1.807) is 6.92 Å². The monoisotopic (exact) mass is 155 g/mol. The molecule has 1 aliphatic rings. The lowest BCUT2D eigenvalue weighted by Crippen LogP contribution is -2.38. The van der Waals surface area contributed by atoms with Crippen molar-refractivity contribution in [3.8, 4) is 11.8 Å². The van der Waals surface area contributed by atoms with Gasteiger partial charge in [-0.15, -0.1) is 5.92 Å². The average Bonchev–Trinajstić information content (AvgIpc) is 2.37. The molecule has 1 heterocycles. The summed E-state index contributed by atoms with van der Waals surface area (Å²) in [6.07, 6.45) is -0.367. The Morgan fingerprint density at radius 3 is 3.00 bits per heavy atom. The summed E-state index contributed by atoms with van der Waals surface area (Å²) in [5.41, 5.74) is 0. The smallest absolute Gasteiger partial charge is 0.0948 e. The third-order valence-corrected chi connectivity index (χ3v) is 1.68. The number of hydrogen-bond acceptors (Lipinski definition) is 3. The van der Waals surface area contributed by atoms with Crippen LogP contribution in [-0.2, 0) is 4.74 Å². The van der Waals surface area contributed by atoms with Crippen LogP contribution in [0, 0.1) is 11.8 Å². The van der Waals surface area contributed by atoms with Crippen LogP contribution in [0.2, 0.25) is 0 Å². The van der Waals surface area contributed by atoms with Crippen molar-refractivity contribution < 1.29 is 9.84 Å². The highest BCUT2D eigenvalue weighted by Crippen LogP contribution is 2.03. The molecule has 0 bridgehead atoms. The van der Waals surface area contributed by atoms with Crippen molar-refractivity contribution in [1.29, 1.82) is 0 Å². The Bertz CT molecular complexity index is 171. The quantitative estimate of drug-likeness (QED) is 0.521. The lowest BCUT2D eigenvalue weighted by atomic mass is 10.2. The van der Waals surface area contributed by atoms with E-state index in [0.29, 0.717) is 19.8 Å². The fourth-order valence-electron chi connectivity index (χ4n) is 1.01. The highest BCUT2D eigenvalue weighted by molar-refractivity contribution is 4.98. The Morgan fingerprint density at radius 2 is 2.45 bits per heavy atom. The second-order valence-corrected chi connectivity index (χ2v) is 2.52. The minimum Gasteiger partial charge on any atom is -0.389 e. The molecule has 0 aromatic rings. The van der Waals surface area contributed by atoms with Gasteiger partial charge < -0.3 is 9.84 Å². The van der Waals surface area contributed by atoms with Crippen LogP contribution in [0.1, 0.15) is 6.92 Å². The first-order valence-corrected chi connectivity index (χ1v) is 3.73. The Morgan fingerprint density at radius 1 is 1.64 bits per heavy atom. The van der Waals surface area contributed by atoms with E-state index in [4.69, 9.17) is 4.74 Å². The van der Waals surface area contributed by atoms with Crippen LogP contribution >= 0.6 is 0 Å². The summed E-state index contributed by atoms with van der Waals surface area (Å²) < 4.78 is 5.04. The summed E-state index contributed by atoms with van der Waals surface area (Å²) in [5.74, 6) is 5.64. The van der Waals surface area contributed by atoms with Crippen molar-refractivity contribution in [3.63, 3.8) is 0 Å². The summed E-state index contributed by atoms with van der Waals surface area (Å²) >= 11 is 0. The summed E-state index contributed by atoms with van der Waals surface area (Å²) in [4.78, 5) is 0. The minimum absolute atomic E-state index is 0.0656. The SMILES string of the molecule is CC#CCNC1COCC1O. The largest absolute Gasteiger partial charge is 0.389 e. The predicted molar refractivity (Wildman–Crippen MR) is 42.1 cm³/mol. The molecule has 2 unspecified atom stereocenters. The van der Waals surface area contributed by atoms with Crippen LogP contribution in [0.3, 0.4) is 0 Å². The zero-order valence-electron chi connectivity index (χ0n) is 6.63. The van der Waals surface area contributed by atoms with E-state index in [9.17, 15) is 5.11 Å². The van der Waals surface area contributed by atoms with E-state index in [0.717, 1.165) is 0 Å². The number of ether oxygens (including phenoxy) is 1. The highest BCUT2D eigenvalue weighted by atomic mass is 16.5. The van der Waals surface area contributed by atoms with Gasteiger partial charge >= 0.3 is 0 Å². The van der Waals surface area contributed by atoms with E-state index in [-0.39, 0.29) is 12.1 Å². The Labute approximate surface area is 66.7 Å². The summed E-state index contributed by atoms with van der Waals surface area (Å²) in [6.45, 7) is 3.45. The first-order valence-electron chi connectivity index (χ1n) is 3.73. The van der Waals surface area contributed by atoms with E-state index in [1.807, 2.05) is 0 Å². The van der Waals surface area contributed by atoms with Gasteiger partial charge in [0.05, 0.1) is 31.9 Å². The molecule has 62 valence electrons. The van der Waals surface area contributed by atoms with E-state index >= 15 is 0 Å². The fraction of sp³-hybridized carbons (Fsp3) is 0.750. The summed E-state index contributed by atoms with van der Waals surface area (Å²) in [6, 6.07) is 0.0656. The predicted octanol–water partition coefficient (Wildman–Crippen LogP) is -0.641. The molecule has 1 aliphatic heterocycles. The number of nitrogens with one attached hydrogen (secondary N) is 1. The van der Waals surface area contributed by atoms with Crippen molar-refractivity contribution in [3.05, 3.63) is 0 Å². The lowest BCUT2D eigenvalue weighted by Gasteiger charge is -2.11. The fourth-order valence-corrected chi connectivity index (χ4v) is 1.01. The zero-order chi connectivity index (χ0) is 8.10. The first-order chi connectivity index (χ1) is 5.34. The molecular weight excluding hydrogens is 142 g/mol. The van der Waals surface area contributed by atoms with Crippen LogP contribution < -0.4 is 5.32 Å². The molecule has 3 heteroatoms. The van der Waals surface area contributed by atoms with Gasteiger partial charge in [-0.1, -0.05) is 5.92 Å². The molecule has 0 radical (unpaired) electrons. The number of aliphatic hydroxyl groups is 1. The Balaban J connectivity index is 2.18. The first kappa shape index (κ1) is 8.54. The number of hydrogen-bond donors (Lipinski definition) is 2. The van der Waals surface area contributed by atoms with Crippen LogP contribution in [-0.4, -0.2) is 37.0 Å². The van der Waals surface area contributed by atoms with Gasteiger partial charge in [0, 0.05) is 0 Å². The molecule has 2 N–H and O–H groups in total. The molecule has 1 fully saturated rings. The maximum absolute atomic E-state index is 9.25. The normalized spacial score (nSPS) is 29.6. The standard InChI is InChI=1S/C8H13NO2/c1-2-3-4-9-7-5-11-6-8(7)10/h7-10H,4-6H2,1H3. The van der Waals surface area contributed by atoms with Crippen molar-refractivity contribution in [2.45, 2.75) is 19.1 Å². The molecular formula is C8H13NO2. The molecule has 0 aliphatic carbocycles. The average molecular weight is 155 g/mol. The Kier molecular flexibility index (Phi) is 3.37. The van der Waals surface area contributed by atoms with Gasteiger partial charge in [0.1, 0.15) is 0 Å².